The van der Waals surface area contributed by atoms with Gasteiger partial charge in [0.05, 0.1) is 5.56 Å². The molecule has 0 saturated heterocycles. The minimum Gasteiger partial charge on any atom is -0.450 e. The third kappa shape index (κ3) is 2.46. The van der Waals surface area contributed by atoms with E-state index in [0.717, 1.165) is 30.4 Å². The van der Waals surface area contributed by atoms with Gasteiger partial charge in [-0.2, -0.15) is 0 Å². The summed E-state index contributed by atoms with van der Waals surface area (Å²) in [6.45, 7) is 4.20. The first-order valence-corrected chi connectivity index (χ1v) is 7.53. The molecule has 2 aromatic rings. The maximum Gasteiger partial charge on any atom is 0.339 e. The van der Waals surface area contributed by atoms with Gasteiger partial charge in [-0.1, -0.05) is 61.4 Å². The van der Waals surface area contributed by atoms with E-state index < -0.39 is 5.60 Å². The predicted molar refractivity (Wildman–Crippen MR) is 83.3 cm³/mol. The Kier molecular flexibility index (Phi) is 3.54. The number of fused-ring (bicyclic) bond motifs is 1. The Morgan fingerprint density at radius 2 is 1.81 bits per heavy atom. The van der Waals surface area contributed by atoms with Gasteiger partial charge in [-0.3, -0.25) is 0 Å². The van der Waals surface area contributed by atoms with Crippen LogP contribution in [0.15, 0.2) is 48.5 Å². The van der Waals surface area contributed by atoms with Gasteiger partial charge in [0.15, 0.2) is 0 Å². The number of cyclic esters (lactones) is 1. The highest BCUT2D eigenvalue weighted by Crippen LogP contribution is 2.39. The van der Waals surface area contributed by atoms with Crippen molar-refractivity contribution in [1.82, 2.24) is 0 Å². The van der Waals surface area contributed by atoms with Crippen molar-refractivity contribution in [3.8, 4) is 0 Å². The highest BCUT2D eigenvalue weighted by atomic mass is 16.6. The molecule has 2 heteroatoms. The van der Waals surface area contributed by atoms with Gasteiger partial charge in [-0.15, -0.1) is 0 Å². The Hall–Kier alpha value is -2.09. The van der Waals surface area contributed by atoms with Crippen LogP contribution >= 0.6 is 0 Å². The van der Waals surface area contributed by atoms with E-state index in [1.54, 1.807) is 0 Å². The van der Waals surface area contributed by atoms with Crippen molar-refractivity contribution in [2.24, 2.45) is 0 Å². The Bertz CT molecular complexity index is 658. The molecule has 0 radical (unpaired) electrons. The summed E-state index contributed by atoms with van der Waals surface area (Å²) in [4.78, 5) is 12.4. The van der Waals surface area contributed by atoms with Crippen molar-refractivity contribution < 1.29 is 9.53 Å². The van der Waals surface area contributed by atoms with E-state index in [1.807, 2.05) is 24.3 Å². The molecule has 21 heavy (non-hydrogen) atoms. The first-order chi connectivity index (χ1) is 10.1. The first kappa shape index (κ1) is 13.9. The van der Waals surface area contributed by atoms with Gasteiger partial charge < -0.3 is 4.74 Å². The summed E-state index contributed by atoms with van der Waals surface area (Å²) in [5.74, 6) is -0.203. The van der Waals surface area contributed by atoms with Gasteiger partial charge in [0.1, 0.15) is 5.60 Å². The van der Waals surface area contributed by atoms with Crippen LogP contribution in [0.5, 0.6) is 0 Å². The average molecular weight is 280 g/mol. The SMILES string of the molecule is CCC[C@@]1(c2ccc(C)cc2)Cc2ccccc2C(=O)O1. The quantitative estimate of drug-likeness (QED) is 0.779. The van der Waals surface area contributed by atoms with E-state index >= 15 is 0 Å². The average Bonchev–Trinajstić information content (AvgIpc) is 2.48. The summed E-state index contributed by atoms with van der Waals surface area (Å²) in [7, 11) is 0. The summed E-state index contributed by atoms with van der Waals surface area (Å²) in [6, 6.07) is 16.1. The molecule has 0 saturated carbocycles. The Balaban J connectivity index is 2.07. The highest BCUT2D eigenvalue weighted by Gasteiger charge is 2.40. The number of hydrogen-bond acceptors (Lipinski definition) is 2. The molecule has 108 valence electrons. The molecule has 0 amide bonds. The van der Waals surface area contributed by atoms with Gasteiger partial charge in [0.2, 0.25) is 0 Å². The summed E-state index contributed by atoms with van der Waals surface area (Å²) in [5.41, 5.74) is 3.58. The van der Waals surface area contributed by atoms with Gasteiger partial charge >= 0.3 is 5.97 Å². The van der Waals surface area contributed by atoms with Crippen molar-refractivity contribution in [2.45, 2.75) is 38.7 Å². The van der Waals surface area contributed by atoms with Crippen LogP contribution in [0.1, 0.15) is 46.8 Å². The fraction of sp³-hybridized carbons (Fsp3) is 0.316. The number of aryl methyl sites for hydroxylation is 1. The molecule has 0 bridgehead atoms. The van der Waals surface area contributed by atoms with Crippen molar-refractivity contribution >= 4 is 5.97 Å². The molecule has 1 aliphatic rings. The number of esters is 1. The van der Waals surface area contributed by atoms with E-state index in [1.165, 1.54) is 5.56 Å². The minimum atomic E-state index is -0.520. The molecule has 1 heterocycles. The molecule has 1 aliphatic heterocycles. The molecule has 0 fully saturated rings. The van der Waals surface area contributed by atoms with Crippen LogP contribution in [0.2, 0.25) is 0 Å². The van der Waals surface area contributed by atoms with Gasteiger partial charge in [0.25, 0.3) is 0 Å². The van der Waals surface area contributed by atoms with Crippen LogP contribution in [0, 0.1) is 6.92 Å². The lowest BCUT2D eigenvalue weighted by Gasteiger charge is -2.38. The summed E-state index contributed by atoms with van der Waals surface area (Å²) in [6.07, 6.45) is 2.57. The van der Waals surface area contributed by atoms with E-state index in [2.05, 4.69) is 38.1 Å². The molecule has 0 spiro atoms. The smallest absolute Gasteiger partial charge is 0.339 e. The monoisotopic (exact) mass is 280 g/mol. The maximum atomic E-state index is 12.4. The molecule has 2 nitrogen and oxygen atoms in total. The van der Waals surface area contributed by atoms with E-state index in [9.17, 15) is 4.79 Å². The number of carbonyl (C=O) groups is 1. The van der Waals surface area contributed by atoms with Crippen LogP contribution in [0.25, 0.3) is 0 Å². The minimum absolute atomic E-state index is 0.203. The lowest BCUT2D eigenvalue weighted by molar-refractivity contribution is -0.0332. The zero-order valence-corrected chi connectivity index (χ0v) is 12.6. The Labute approximate surface area is 125 Å². The number of carbonyl (C=O) groups excluding carboxylic acids is 1. The van der Waals surface area contributed by atoms with Crippen molar-refractivity contribution in [1.29, 1.82) is 0 Å². The normalized spacial score (nSPS) is 20.8. The molecule has 0 unspecified atom stereocenters. The van der Waals surface area contributed by atoms with Crippen molar-refractivity contribution in [2.75, 3.05) is 0 Å². The highest BCUT2D eigenvalue weighted by molar-refractivity contribution is 5.92. The maximum absolute atomic E-state index is 12.4. The van der Waals surface area contributed by atoms with E-state index in [0.29, 0.717) is 5.56 Å². The number of hydrogen-bond donors (Lipinski definition) is 0. The number of ether oxygens (including phenoxy) is 1. The van der Waals surface area contributed by atoms with Crippen LogP contribution in [-0.4, -0.2) is 5.97 Å². The topological polar surface area (TPSA) is 26.3 Å². The van der Waals surface area contributed by atoms with Crippen molar-refractivity contribution in [3.05, 3.63) is 70.8 Å². The molecule has 0 aliphatic carbocycles. The second kappa shape index (κ2) is 5.36. The fourth-order valence-corrected chi connectivity index (χ4v) is 3.16. The zero-order valence-electron chi connectivity index (χ0n) is 12.6. The van der Waals surface area contributed by atoms with E-state index in [-0.39, 0.29) is 5.97 Å². The first-order valence-electron chi connectivity index (χ1n) is 7.53. The Morgan fingerprint density at radius 3 is 2.52 bits per heavy atom. The predicted octanol–water partition coefficient (Wildman–Crippen LogP) is 4.40. The molecule has 2 aromatic carbocycles. The van der Waals surface area contributed by atoms with Gasteiger partial charge in [-0.05, 0) is 30.5 Å². The van der Waals surface area contributed by atoms with Crippen molar-refractivity contribution in [3.63, 3.8) is 0 Å². The van der Waals surface area contributed by atoms with Gasteiger partial charge in [-0.25, -0.2) is 4.79 Å². The Morgan fingerprint density at radius 1 is 1.10 bits per heavy atom. The van der Waals surface area contributed by atoms with Crippen LogP contribution < -0.4 is 0 Å². The van der Waals surface area contributed by atoms with Gasteiger partial charge in [0, 0.05) is 6.42 Å². The third-order valence-corrected chi connectivity index (χ3v) is 4.23. The van der Waals surface area contributed by atoms with Crippen LogP contribution in [0.4, 0.5) is 0 Å². The molecule has 0 aromatic heterocycles. The fourth-order valence-electron chi connectivity index (χ4n) is 3.16. The molecular weight excluding hydrogens is 260 g/mol. The lowest BCUT2D eigenvalue weighted by atomic mass is 9.80. The second-order valence-corrected chi connectivity index (χ2v) is 5.83. The number of benzene rings is 2. The summed E-state index contributed by atoms with van der Waals surface area (Å²) < 4.78 is 5.93. The van der Waals surface area contributed by atoms with E-state index in [4.69, 9.17) is 4.74 Å². The third-order valence-electron chi connectivity index (χ3n) is 4.23. The zero-order chi connectivity index (χ0) is 14.9. The molecule has 3 rings (SSSR count). The second-order valence-electron chi connectivity index (χ2n) is 5.83. The number of rotatable bonds is 3. The summed E-state index contributed by atoms with van der Waals surface area (Å²) >= 11 is 0. The largest absolute Gasteiger partial charge is 0.450 e. The molecule has 1 atom stereocenters. The lowest BCUT2D eigenvalue weighted by Crippen LogP contribution is -2.39. The molecule has 0 N–H and O–H groups in total. The summed E-state index contributed by atoms with van der Waals surface area (Å²) in [5, 5.41) is 0. The van der Waals surface area contributed by atoms with Crippen LogP contribution in [-0.2, 0) is 16.8 Å². The van der Waals surface area contributed by atoms with Crippen LogP contribution in [0.3, 0.4) is 0 Å². The molecular formula is C19H20O2. The standard InChI is InChI=1S/C19H20O2/c1-3-12-19(16-10-8-14(2)9-11-16)13-15-6-4-5-7-17(15)18(20)21-19/h4-11H,3,12-13H2,1-2H3/t19-/m0/s1.